The van der Waals surface area contributed by atoms with Crippen LogP contribution in [0.2, 0.25) is 0 Å². The largest absolute Gasteiger partial charge is 0.485 e. The van der Waals surface area contributed by atoms with Crippen molar-refractivity contribution in [2.24, 2.45) is 11.8 Å². The van der Waals surface area contributed by atoms with Crippen LogP contribution < -0.4 is 18.9 Å². The zero-order valence-electron chi connectivity index (χ0n) is 43.1. The molecule has 0 amide bonds. The van der Waals surface area contributed by atoms with Crippen molar-refractivity contribution >= 4 is 0 Å². The van der Waals surface area contributed by atoms with E-state index in [1.165, 1.54) is 13.8 Å². The average molecular weight is 1220 g/mol. The molecule has 0 aliphatic heterocycles. The number of benzene rings is 4. The minimum atomic E-state index is -2.44. The predicted molar refractivity (Wildman–Crippen MR) is 242 cm³/mol. The van der Waals surface area contributed by atoms with Crippen molar-refractivity contribution < 1.29 is 136 Å². The lowest BCUT2D eigenvalue weighted by molar-refractivity contribution is -0.181. The monoisotopic (exact) mass is 1220 g/mol. The van der Waals surface area contributed by atoms with E-state index in [0.717, 1.165) is 0 Å². The molecule has 0 spiro atoms. The molecule has 0 bridgehead atoms. The molecule has 5 rings (SSSR count). The Hall–Kier alpha value is -5.56. The number of halogens is 20. The Morgan fingerprint density at radius 1 is 0.317 bits per heavy atom. The summed E-state index contributed by atoms with van der Waals surface area (Å²) in [5, 5.41) is 20.5. The van der Waals surface area contributed by atoms with Gasteiger partial charge < -0.3 is 48.1 Å². The molecule has 0 aromatic heterocycles. The molecule has 4 aromatic carbocycles. The Bertz CT molecular complexity index is 2490. The molecular weight excluding hydrogens is 1160 g/mol. The van der Waals surface area contributed by atoms with Crippen molar-refractivity contribution in [3.05, 3.63) is 116 Å². The fraction of sp³-hybridized carbons (Fsp3) is 0.538. The van der Waals surface area contributed by atoms with Gasteiger partial charge in [-0.2, -0.15) is 35.1 Å². The van der Waals surface area contributed by atoms with Gasteiger partial charge in [-0.25, -0.2) is 52.7 Å². The minimum absolute atomic E-state index is 0.0387. The lowest BCUT2D eigenvalue weighted by Gasteiger charge is -2.31. The molecule has 0 saturated heterocycles. The second kappa shape index (κ2) is 30.8. The van der Waals surface area contributed by atoms with E-state index in [2.05, 4.69) is 9.47 Å². The quantitative estimate of drug-likeness (QED) is 0.0161. The van der Waals surface area contributed by atoms with Gasteiger partial charge in [-0.1, -0.05) is 25.7 Å². The van der Waals surface area contributed by atoms with Crippen LogP contribution in [-0.2, 0) is 18.9 Å². The maximum atomic E-state index is 14.4. The van der Waals surface area contributed by atoms with Gasteiger partial charge in [-0.15, -0.1) is 0 Å². The summed E-state index contributed by atoms with van der Waals surface area (Å²) in [6.07, 6.45) is -5.82. The Kier molecular flexibility index (Phi) is 25.3. The van der Waals surface area contributed by atoms with Gasteiger partial charge in [0, 0.05) is 0 Å². The van der Waals surface area contributed by atoms with Crippen LogP contribution in [0.1, 0.15) is 90.9 Å². The van der Waals surface area contributed by atoms with Crippen LogP contribution in [0.3, 0.4) is 0 Å². The van der Waals surface area contributed by atoms with Crippen LogP contribution >= 0.6 is 0 Å². The van der Waals surface area contributed by atoms with Crippen LogP contribution in [-0.4, -0.2) is 86.9 Å². The van der Waals surface area contributed by atoms with Gasteiger partial charge in [0.15, 0.2) is 35.6 Å². The van der Waals surface area contributed by atoms with E-state index in [1.807, 2.05) is 0 Å². The van der Waals surface area contributed by atoms with Crippen molar-refractivity contribution in [2.45, 2.75) is 128 Å². The Morgan fingerprint density at radius 3 is 0.768 bits per heavy atom. The van der Waals surface area contributed by atoms with Crippen molar-refractivity contribution in [1.29, 1.82) is 0 Å². The normalized spacial score (nSPS) is 16.9. The van der Waals surface area contributed by atoms with Gasteiger partial charge in [0.2, 0.25) is 116 Å². The first-order valence-corrected chi connectivity index (χ1v) is 25.1. The molecule has 10 nitrogen and oxygen atoms in total. The van der Waals surface area contributed by atoms with Crippen molar-refractivity contribution in [3.63, 3.8) is 0 Å². The van der Waals surface area contributed by atoms with Gasteiger partial charge in [-0.05, 0) is 77.0 Å². The fourth-order valence-electron chi connectivity index (χ4n) is 8.34. The standard InChI is InChI=1S/C52H52F20O10/c1-21(81-27(19-79-51-45(69)37(61)31(55)38(62)46(51)70)9-5-3-7-25(73)17-77-49-41(65)33(57)29(53)34(58)42(49)66)75-15-23-11-13-24(14-12-23)16-76-22(2)82-28(20-80-52-47(71)39(63)32(56)40(64)48(52)72)10-6-4-8-26(74)18-78-50-43(67)35(59)30(54)36(60)44(50)68/h21-28,73-74H,3-20H2,1-2H3. The van der Waals surface area contributed by atoms with Gasteiger partial charge in [0.1, 0.15) is 26.4 Å². The van der Waals surface area contributed by atoms with Crippen LogP contribution in [0.4, 0.5) is 87.8 Å². The summed E-state index contributed by atoms with van der Waals surface area (Å²) in [5.41, 5.74) is 0. The molecule has 6 unspecified atom stereocenters. The lowest BCUT2D eigenvalue weighted by atomic mass is 9.83. The van der Waals surface area contributed by atoms with Crippen LogP contribution in [0, 0.1) is 128 Å². The van der Waals surface area contributed by atoms with E-state index in [4.69, 9.17) is 28.4 Å². The number of aliphatic hydroxyl groups excluding tert-OH is 2. The van der Waals surface area contributed by atoms with Crippen molar-refractivity contribution in [3.8, 4) is 23.0 Å². The molecule has 460 valence electrons. The van der Waals surface area contributed by atoms with Crippen LogP contribution in [0.15, 0.2) is 0 Å². The maximum absolute atomic E-state index is 14.4. The number of hydrogen-bond acceptors (Lipinski definition) is 10. The van der Waals surface area contributed by atoms with Crippen molar-refractivity contribution in [2.75, 3.05) is 39.6 Å². The number of rotatable bonds is 32. The molecule has 2 N–H and O–H groups in total. The second-order valence-electron chi connectivity index (χ2n) is 18.9. The third-order valence-electron chi connectivity index (χ3n) is 12.8. The molecule has 1 aliphatic carbocycles. The van der Waals surface area contributed by atoms with Crippen LogP contribution in [0.25, 0.3) is 0 Å². The smallest absolute Gasteiger partial charge is 0.206 e. The zero-order valence-corrected chi connectivity index (χ0v) is 43.1. The number of hydrogen-bond donors (Lipinski definition) is 2. The van der Waals surface area contributed by atoms with E-state index < -0.39 is 203 Å². The Morgan fingerprint density at radius 2 is 0.524 bits per heavy atom. The summed E-state index contributed by atoms with van der Waals surface area (Å²) in [6, 6.07) is 0. The molecule has 4 aromatic rings. The molecule has 82 heavy (non-hydrogen) atoms. The predicted octanol–water partition coefficient (Wildman–Crippen LogP) is 13.2. The van der Waals surface area contributed by atoms with Crippen LogP contribution in [0.5, 0.6) is 23.0 Å². The van der Waals surface area contributed by atoms with E-state index in [9.17, 15) is 98.0 Å². The van der Waals surface area contributed by atoms with Gasteiger partial charge >= 0.3 is 0 Å². The number of ether oxygens (including phenoxy) is 8. The molecular formula is C52H52F20O10. The molecule has 0 radical (unpaired) electrons. The topological polar surface area (TPSA) is 114 Å². The molecule has 6 atom stereocenters. The summed E-state index contributed by atoms with van der Waals surface area (Å²) in [6.45, 7) is -0.467. The molecule has 30 heteroatoms. The van der Waals surface area contributed by atoms with Gasteiger partial charge in [0.25, 0.3) is 0 Å². The second-order valence-corrected chi connectivity index (χ2v) is 18.9. The number of unbranched alkanes of at least 4 members (excludes halogenated alkanes) is 2. The first-order valence-electron chi connectivity index (χ1n) is 25.1. The summed E-state index contributed by atoms with van der Waals surface area (Å²) in [4.78, 5) is 0. The van der Waals surface area contributed by atoms with Gasteiger partial charge in [0.05, 0.1) is 37.6 Å². The highest BCUT2D eigenvalue weighted by Crippen LogP contribution is 2.35. The molecule has 1 saturated carbocycles. The average Bonchev–Trinajstić information content (AvgIpc) is 3.58. The zero-order chi connectivity index (χ0) is 60.9. The van der Waals surface area contributed by atoms with E-state index in [-0.39, 0.29) is 76.4 Å². The lowest BCUT2D eigenvalue weighted by Crippen LogP contribution is -2.31. The Balaban J connectivity index is 1.10. The minimum Gasteiger partial charge on any atom is -0.485 e. The highest BCUT2D eigenvalue weighted by Gasteiger charge is 2.33. The first-order chi connectivity index (χ1) is 38.7. The molecule has 1 fully saturated rings. The highest BCUT2D eigenvalue weighted by atomic mass is 19.2. The SMILES string of the molecule is CC(OCC1CCC(COC(C)OC(CCCCC(O)COc2c(F)c(F)c(F)c(F)c2F)COc2c(F)c(F)c(F)c(F)c2F)CC1)OC(CCCCC(O)COc1c(F)c(F)c(F)c(F)c1F)COc1c(F)c(F)c(F)c(F)c1F. The first kappa shape index (κ1) is 67.2. The van der Waals surface area contributed by atoms with E-state index >= 15 is 0 Å². The third-order valence-corrected chi connectivity index (χ3v) is 12.8. The fourth-order valence-corrected chi connectivity index (χ4v) is 8.34. The summed E-state index contributed by atoms with van der Waals surface area (Å²) in [7, 11) is 0. The highest BCUT2D eigenvalue weighted by molar-refractivity contribution is 5.32. The molecule has 0 heterocycles. The summed E-state index contributed by atoms with van der Waals surface area (Å²) < 4.78 is 320. The Labute approximate surface area is 454 Å². The summed E-state index contributed by atoms with van der Waals surface area (Å²) >= 11 is 0. The third kappa shape index (κ3) is 17.3. The van der Waals surface area contributed by atoms with E-state index in [1.54, 1.807) is 0 Å². The van der Waals surface area contributed by atoms with E-state index in [0.29, 0.717) is 25.7 Å². The van der Waals surface area contributed by atoms with Gasteiger partial charge in [-0.3, -0.25) is 0 Å². The summed E-state index contributed by atoms with van der Waals surface area (Å²) in [5.74, 6) is -52.8. The van der Waals surface area contributed by atoms with Crippen molar-refractivity contribution in [1.82, 2.24) is 0 Å². The molecule has 1 aliphatic rings. The number of aliphatic hydroxyl groups is 2. The maximum Gasteiger partial charge on any atom is 0.206 e.